The van der Waals surface area contributed by atoms with Gasteiger partial charge >= 0.3 is 5.97 Å². The van der Waals surface area contributed by atoms with Crippen LogP contribution in [0.2, 0.25) is 0 Å². The Morgan fingerprint density at radius 3 is 2.86 bits per heavy atom. The number of nitrogens with one attached hydrogen (secondary N) is 1. The second kappa shape index (κ2) is 7.64. The molecule has 1 unspecified atom stereocenters. The summed E-state index contributed by atoms with van der Waals surface area (Å²) in [7, 11) is -3.88. The molecule has 158 valence electrons. The number of nitrogens with two attached hydrogens (primary N) is 1. The first kappa shape index (κ1) is 20.2. The van der Waals surface area contributed by atoms with Crippen molar-refractivity contribution < 1.29 is 23.7 Å². The number of aromatic nitrogens is 4. The third-order valence-corrected chi connectivity index (χ3v) is 6.60. The van der Waals surface area contributed by atoms with Crippen molar-refractivity contribution in [2.75, 3.05) is 12.1 Å². The number of hydrogen-bond donors (Lipinski definition) is 3. The van der Waals surface area contributed by atoms with E-state index in [1.54, 1.807) is 10.9 Å². The second-order valence-electron chi connectivity index (χ2n) is 7.80. The van der Waals surface area contributed by atoms with E-state index in [0.717, 1.165) is 32.1 Å². The van der Waals surface area contributed by atoms with Crippen LogP contribution < -0.4 is 10.8 Å². The summed E-state index contributed by atoms with van der Waals surface area (Å²) in [6.45, 7) is 1.94. The number of nitrogens with zero attached hydrogens (tertiary/aromatic N) is 4. The molecule has 0 aliphatic heterocycles. The highest BCUT2D eigenvalue weighted by Gasteiger charge is 2.46. The molecule has 2 heterocycles. The van der Waals surface area contributed by atoms with Crippen molar-refractivity contribution in [3.63, 3.8) is 0 Å². The molecule has 12 heteroatoms. The quantitative estimate of drug-likeness (QED) is 0.395. The summed E-state index contributed by atoms with van der Waals surface area (Å²) < 4.78 is 25.4. The van der Waals surface area contributed by atoms with Crippen LogP contribution in [0, 0.1) is 0 Å². The van der Waals surface area contributed by atoms with E-state index in [2.05, 4.69) is 20.0 Å². The highest BCUT2D eigenvalue weighted by atomic mass is 31.2. The molecular formula is C17H25N6O5P. The number of esters is 1. The number of carbonyl (C=O) groups excluding carboxylic acids is 1. The maximum Gasteiger partial charge on any atom is 0.323 e. The fraction of sp³-hybridized carbons (Fsp3) is 0.647. The van der Waals surface area contributed by atoms with Gasteiger partial charge in [0, 0.05) is 0 Å². The highest BCUT2D eigenvalue weighted by Crippen LogP contribution is 2.46. The van der Waals surface area contributed by atoms with Gasteiger partial charge in [-0.25, -0.2) is 20.0 Å². The minimum Gasteiger partial charge on any atom is -0.461 e. The van der Waals surface area contributed by atoms with Crippen LogP contribution in [-0.2, 0) is 25.4 Å². The van der Waals surface area contributed by atoms with Gasteiger partial charge in [0.15, 0.2) is 11.5 Å². The first-order valence-electron chi connectivity index (χ1n) is 9.62. The normalized spacial score (nSPS) is 21.3. The lowest BCUT2D eigenvalue weighted by atomic mass is 9.96. The van der Waals surface area contributed by atoms with Gasteiger partial charge in [0.05, 0.1) is 18.5 Å². The summed E-state index contributed by atoms with van der Waals surface area (Å²) in [6.07, 6.45) is 6.72. The van der Waals surface area contributed by atoms with E-state index in [-0.39, 0.29) is 6.10 Å². The number of anilines is 1. The summed E-state index contributed by atoms with van der Waals surface area (Å²) in [6, 6.07) is -0.887. The number of ether oxygens (including phenoxy) is 2. The van der Waals surface area contributed by atoms with E-state index in [9.17, 15) is 14.3 Å². The van der Waals surface area contributed by atoms with Crippen LogP contribution >= 0.6 is 7.52 Å². The van der Waals surface area contributed by atoms with Gasteiger partial charge in [-0.15, -0.1) is 0 Å². The van der Waals surface area contributed by atoms with E-state index in [1.165, 1.54) is 13.3 Å². The molecule has 2 aromatic rings. The Hall–Kier alpha value is -2.07. The average molecular weight is 424 g/mol. The maximum absolute atomic E-state index is 12.5. The Bertz CT molecular complexity index is 957. The molecule has 0 bridgehead atoms. The van der Waals surface area contributed by atoms with Gasteiger partial charge in [-0.3, -0.25) is 9.36 Å². The van der Waals surface area contributed by atoms with Crippen molar-refractivity contribution in [3.8, 4) is 0 Å². The predicted molar refractivity (Wildman–Crippen MR) is 104 cm³/mol. The fourth-order valence-corrected chi connectivity index (χ4v) is 4.42. The molecule has 0 aromatic carbocycles. The zero-order valence-electron chi connectivity index (χ0n) is 16.2. The van der Waals surface area contributed by atoms with Crippen LogP contribution in [0.1, 0.15) is 39.0 Å². The maximum atomic E-state index is 12.5. The van der Waals surface area contributed by atoms with Crippen molar-refractivity contribution in [3.05, 3.63) is 12.7 Å². The molecule has 0 saturated heterocycles. The van der Waals surface area contributed by atoms with Gasteiger partial charge in [0.2, 0.25) is 0 Å². The van der Waals surface area contributed by atoms with Crippen LogP contribution in [0.4, 0.5) is 5.82 Å². The van der Waals surface area contributed by atoms with E-state index in [4.69, 9.17) is 15.2 Å². The zero-order valence-corrected chi connectivity index (χ0v) is 17.0. The topological polar surface area (TPSA) is 154 Å². The van der Waals surface area contributed by atoms with E-state index >= 15 is 0 Å². The molecule has 11 nitrogen and oxygen atoms in total. The number of carbonyl (C=O) groups is 1. The summed E-state index contributed by atoms with van der Waals surface area (Å²) in [4.78, 5) is 34.6. The Morgan fingerprint density at radius 2 is 2.21 bits per heavy atom. The summed E-state index contributed by atoms with van der Waals surface area (Å²) >= 11 is 0. The second-order valence-corrected chi connectivity index (χ2v) is 9.72. The molecule has 0 spiro atoms. The molecule has 4 N–H and O–H groups in total. The first-order chi connectivity index (χ1) is 13.8. The first-order valence-corrected chi connectivity index (χ1v) is 11.5. The van der Waals surface area contributed by atoms with Gasteiger partial charge in [-0.1, -0.05) is 0 Å². The standard InChI is InChI=1S/C17H25N6O5P/c1-11(16(24)28-12-3-2-4-12)22-29(25,26)10-27-17(5-6-17)7-23-9-21-13-14(18)19-8-20-15(13)23/h8-9,11-12H,2-7,10H2,1H3,(H2,18,19,20)(H2,22,25,26)/t11-/m1/s1. The van der Waals surface area contributed by atoms with Gasteiger partial charge in [0.25, 0.3) is 7.52 Å². The molecule has 0 radical (unpaired) electrons. The molecule has 2 saturated carbocycles. The summed E-state index contributed by atoms with van der Waals surface area (Å²) in [5.41, 5.74) is 6.34. The van der Waals surface area contributed by atoms with Crippen molar-refractivity contribution in [1.29, 1.82) is 0 Å². The molecule has 2 fully saturated rings. The van der Waals surface area contributed by atoms with Crippen LogP contribution in [0.15, 0.2) is 12.7 Å². The number of imidazole rings is 1. The number of rotatable bonds is 9. The Balaban J connectivity index is 1.33. The average Bonchev–Trinajstić information content (AvgIpc) is 3.28. The van der Waals surface area contributed by atoms with Gasteiger partial charge in [-0.2, -0.15) is 0 Å². The van der Waals surface area contributed by atoms with Crippen LogP contribution in [0.3, 0.4) is 0 Å². The third-order valence-electron chi connectivity index (χ3n) is 5.33. The molecule has 2 aliphatic rings. The zero-order chi connectivity index (χ0) is 20.6. The van der Waals surface area contributed by atoms with E-state index < -0.39 is 31.5 Å². The molecule has 29 heavy (non-hydrogen) atoms. The largest absolute Gasteiger partial charge is 0.461 e. The SMILES string of the molecule is C[C@@H](NP(=O)(O)COC1(Cn2cnc3c(N)ncnc32)CC1)C(=O)OC1CCC1. The smallest absolute Gasteiger partial charge is 0.323 e. The van der Waals surface area contributed by atoms with Crippen LogP contribution in [0.5, 0.6) is 0 Å². The lowest BCUT2D eigenvalue weighted by molar-refractivity contribution is -0.154. The Kier molecular flexibility index (Phi) is 5.32. The predicted octanol–water partition coefficient (Wildman–Crippen LogP) is 1.17. The summed E-state index contributed by atoms with van der Waals surface area (Å²) in [5, 5.41) is 2.46. The number of hydrogen-bond acceptors (Lipinski definition) is 8. The van der Waals surface area contributed by atoms with E-state index in [1.807, 2.05) is 0 Å². The lowest BCUT2D eigenvalue weighted by Gasteiger charge is -2.27. The molecule has 2 aromatic heterocycles. The molecule has 0 amide bonds. The molecule has 4 rings (SSSR count). The minimum atomic E-state index is -3.88. The Morgan fingerprint density at radius 1 is 1.45 bits per heavy atom. The van der Waals surface area contributed by atoms with Gasteiger partial charge in [-0.05, 0) is 39.0 Å². The lowest BCUT2D eigenvalue weighted by Crippen LogP contribution is -2.38. The van der Waals surface area contributed by atoms with Crippen molar-refractivity contribution >= 4 is 30.5 Å². The highest BCUT2D eigenvalue weighted by molar-refractivity contribution is 7.55. The molecule has 2 atom stereocenters. The van der Waals surface area contributed by atoms with Crippen molar-refractivity contribution in [2.45, 2.75) is 63.3 Å². The minimum absolute atomic E-state index is 0.0707. The fourth-order valence-electron chi connectivity index (χ4n) is 3.18. The number of nitrogen functional groups attached to an aromatic ring is 1. The molecular weight excluding hydrogens is 399 g/mol. The third kappa shape index (κ3) is 4.58. The van der Waals surface area contributed by atoms with Crippen molar-refractivity contribution in [2.24, 2.45) is 0 Å². The van der Waals surface area contributed by atoms with E-state index in [0.29, 0.717) is 23.5 Å². The van der Waals surface area contributed by atoms with Crippen molar-refractivity contribution in [1.82, 2.24) is 24.6 Å². The summed E-state index contributed by atoms with van der Waals surface area (Å²) in [5.74, 6) is -0.224. The van der Waals surface area contributed by atoms with Gasteiger partial charge < -0.3 is 24.7 Å². The number of fused-ring (bicyclic) bond motifs is 1. The monoisotopic (exact) mass is 424 g/mol. The van der Waals surface area contributed by atoms with Crippen LogP contribution in [-0.4, -0.2) is 54.5 Å². The van der Waals surface area contributed by atoms with Gasteiger partial charge in [0.1, 0.15) is 30.3 Å². The van der Waals surface area contributed by atoms with Crippen LogP contribution in [0.25, 0.3) is 11.2 Å². The Labute approximate surface area is 167 Å². The molecule has 2 aliphatic carbocycles.